The van der Waals surface area contributed by atoms with Crippen molar-refractivity contribution in [2.75, 3.05) is 13.1 Å². The van der Waals surface area contributed by atoms with Crippen LogP contribution in [0.4, 0.5) is 0 Å². The van der Waals surface area contributed by atoms with E-state index in [2.05, 4.69) is 47.7 Å². The van der Waals surface area contributed by atoms with Gasteiger partial charge in [-0.25, -0.2) is 4.98 Å². The molecule has 0 saturated carbocycles. The third kappa shape index (κ3) is 1.95. The highest BCUT2D eigenvalue weighted by Crippen LogP contribution is 2.20. The van der Waals surface area contributed by atoms with Crippen molar-refractivity contribution < 1.29 is 0 Å². The molecule has 1 aromatic heterocycles. The summed E-state index contributed by atoms with van der Waals surface area (Å²) in [7, 11) is 2.12. The summed E-state index contributed by atoms with van der Waals surface area (Å²) in [5.41, 5.74) is 2.34. The molecule has 2 aromatic rings. The molecular weight excluding hydrogens is 210 g/mol. The number of nitrogens with zero attached hydrogens (tertiary/aromatic N) is 3. The van der Waals surface area contributed by atoms with Crippen LogP contribution in [0.5, 0.6) is 0 Å². The maximum atomic E-state index is 4.72. The molecule has 3 nitrogen and oxygen atoms in total. The van der Waals surface area contributed by atoms with E-state index in [-0.39, 0.29) is 0 Å². The Balaban J connectivity index is 1.88. The molecule has 0 amide bonds. The monoisotopic (exact) mass is 229 g/mol. The Labute approximate surface area is 102 Å². The Morgan fingerprint density at radius 1 is 1.35 bits per heavy atom. The number of likely N-dealkylation sites (tertiary alicyclic amines) is 1. The number of fused-ring (bicyclic) bond motifs is 1. The van der Waals surface area contributed by atoms with Crippen LogP contribution in [0, 0.1) is 5.92 Å². The summed E-state index contributed by atoms with van der Waals surface area (Å²) in [5, 5.41) is 0. The number of para-hydroxylation sites is 2. The molecule has 3 rings (SSSR count). The summed E-state index contributed by atoms with van der Waals surface area (Å²) in [6, 6.07) is 8.35. The number of imidazole rings is 1. The van der Waals surface area contributed by atoms with Crippen LogP contribution < -0.4 is 0 Å². The van der Waals surface area contributed by atoms with Gasteiger partial charge in [0.2, 0.25) is 0 Å². The van der Waals surface area contributed by atoms with Crippen LogP contribution in [0.3, 0.4) is 0 Å². The number of aromatic nitrogens is 2. The van der Waals surface area contributed by atoms with Crippen molar-refractivity contribution in [3.05, 3.63) is 30.1 Å². The summed E-state index contributed by atoms with van der Waals surface area (Å²) >= 11 is 0. The fourth-order valence-electron chi connectivity index (χ4n) is 2.71. The molecule has 0 radical (unpaired) electrons. The molecule has 90 valence electrons. The van der Waals surface area contributed by atoms with Gasteiger partial charge in [0.1, 0.15) is 5.82 Å². The van der Waals surface area contributed by atoms with Crippen molar-refractivity contribution in [2.45, 2.75) is 19.9 Å². The minimum absolute atomic E-state index is 0.838. The number of hydrogen-bond acceptors (Lipinski definition) is 2. The van der Waals surface area contributed by atoms with E-state index in [1.165, 1.54) is 30.9 Å². The van der Waals surface area contributed by atoms with E-state index in [1.807, 2.05) is 0 Å². The van der Waals surface area contributed by atoms with Crippen molar-refractivity contribution in [3.8, 4) is 0 Å². The summed E-state index contributed by atoms with van der Waals surface area (Å²) in [6.45, 7) is 5.73. The van der Waals surface area contributed by atoms with Gasteiger partial charge < -0.3 is 4.57 Å². The second-order valence-electron chi connectivity index (χ2n) is 5.20. The van der Waals surface area contributed by atoms with Gasteiger partial charge in [-0.1, -0.05) is 19.1 Å². The quantitative estimate of drug-likeness (QED) is 0.788. The largest absolute Gasteiger partial charge is 0.330 e. The van der Waals surface area contributed by atoms with Crippen LogP contribution in [0.25, 0.3) is 11.0 Å². The zero-order valence-electron chi connectivity index (χ0n) is 10.6. The van der Waals surface area contributed by atoms with E-state index < -0.39 is 0 Å². The number of hydrogen-bond donors (Lipinski definition) is 0. The first kappa shape index (κ1) is 10.8. The highest BCUT2D eigenvalue weighted by Gasteiger charge is 2.20. The minimum atomic E-state index is 0.838. The maximum Gasteiger partial charge on any atom is 0.123 e. The fraction of sp³-hybridized carbons (Fsp3) is 0.500. The number of rotatable bonds is 2. The van der Waals surface area contributed by atoms with Crippen molar-refractivity contribution in [2.24, 2.45) is 13.0 Å². The predicted octanol–water partition coefficient (Wildman–Crippen LogP) is 2.42. The molecule has 0 N–H and O–H groups in total. The lowest BCUT2D eigenvalue weighted by Gasteiger charge is -2.14. The maximum absolute atomic E-state index is 4.72. The van der Waals surface area contributed by atoms with E-state index in [4.69, 9.17) is 4.98 Å². The van der Waals surface area contributed by atoms with Crippen LogP contribution in [0.15, 0.2) is 24.3 Å². The second kappa shape index (κ2) is 4.15. The Bertz CT molecular complexity index is 529. The lowest BCUT2D eigenvalue weighted by atomic mass is 10.2. The highest BCUT2D eigenvalue weighted by molar-refractivity contribution is 5.75. The van der Waals surface area contributed by atoms with Gasteiger partial charge in [0.15, 0.2) is 0 Å². The molecule has 1 aromatic carbocycles. The molecule has 1 saturated heterocycles. The van der Waals surface area contributed by atoms with Crippen molar-refractivity contribution in [1.82, 2.24) is 14.5 Å². The fourth-order valence-corrected chi connectivity index (χ4v) is 2.71. The zero-order valence-corrected chi connectivity index (χ0v) is 10.6. The molecule has 3 heteroatoms. The van der Waals surface area contributed by atoms with Gasteiger partial charge in [-0.3, -0.25) is 4.90 Å². The first-order chi connectivity index (χ1) is 8.24. The van der Waals surface area contributed by atoms with E-state index in [9.17, 15) is 0 Å². The lowest BCUT2D eigenvalue weighted by molar-refractivity contribution is 0.309. The van der Waals surface area contributed by atoms with Crippen LogP contribution in [0.2, 0.25) is 0 Å². The van der Waals surface area contributed by atoms with Gasteiger partial charge in [0, 0.05) is 13.6 Å². The van der Waals surface area contributed by atoms with Crippen molar-refractivity contribution in [3.63, 3.8) is 0 Å². The van der Waals surface area contributed by atoms with E-state index >= 15 is 0 Å². The predicted molar refractivity (Wildman–Crippen MR) is 69.8 cm³/mol. The molecule has 0 aliphatic carbocycles. The molecule has 1 aliphatic rings. The molecule has 0 bridgehead atoms. The Morgan fingerprint density at radius 2 is 2.18 bits per heavy atom. The zero-order chi connectivity index (χ0) is 11.8. The molecule has 1 unspecified atom stereocenters. The Kier molecular flexibility index (Phi) is 2.63. The summed E-state index contributed by atoms with van der Waals surface area (Å²) in [6.07, 6.45) is 1.32. The van der Waals surface area contributed by atoms with E-state index in [0.717, 1.165) is 18.0 Å². The molecule has 17 heavy (non-hydrogen) atoms. The van der Waals surface area contributed by atoms with Crippen molar-refractivity contribution >= 4 is 11.0 Å². The summed E-state index contributed by atoms with van der Waals surface area (Å²) < 4.78 is 2.22. The minimum Gasteiger partial charge on any atom is -0.330 e. The standard InChI is InChI=1S/C14H19N3/c1-11-7-8-17(9-11)10-14-15-12-5-3-4-6-13(12)16(14)2/h3-6,11H,7-10H2,1-2H3. The molecular formula is C14H19N3. The SMILES string of the molecule is CC1CCN(Cc2nc3ccccc3n2C)C1. The molecule has 1 atom stereocenters. The Morgan fingerprint density at radius 3 is 2.88 bits per heavy atom. The third-order valence-electron chi connectivity index (χ3n) is 3.75. The first-order valence-corrected chi connectivity index (χ1v) is 6.37. The van der Waals surface area contributed by atoms with Gasteiger partial charge in [-0.15, -0.1) is 0 Å². The van der Waals surface area contributed by atoms with Gasteiger partial charge in [-0.2, -0.15) is 0 Å². The van der Waals surface area contributed by atoms with Crippen LogP contribution >= 0.6 is 0 Å². The summed E-state index contributed by atoms with van der Waals surface area (Å²) in [4.78, 5) is 7.23. The lowest BCUT2D eigenvalue weighted by Crippen LogP contribution is -2.21. The molecule has 1 aliphatic heterocycles. The number of benzene rings is 1. The average molecular weight is 229 g/mol. The molecule has 2 heterocycles. The average Bonchev–Trinajstić information content (AvgIpc) is 2.86. The van der Waals surface area contributed by atoms with Gasteiger partial charge in [0.05, 0.1) is 17.6 Å². The van der Waals surface area contributed by atoms with Crippen LogP contribution in [-0.2, 0) is 13.6 Å². The highest BCUT2D eigenvalue weighted by atomic mass is 15.2. The van der Waals surface area contributed by atoms with Crippen LogP contribution in [-0.4, -0.2) is 27.5 Å². The Hall–Kier alpha value is -1.35. The molecule has 0 spiro atoms. The van der Waals surface area contributed by atoms with E-state index in [0.29, 0.717) is 0 Å². The number of aryl methyl sites for hydroxylation is 1. The van der Waals surface area contributed by atoms with Crippen molar-refractivity contribution in [1.29, 1.82) is 0 Å². The topological polar surface area (TPSA) is 21.1 Å². The van der Waals surface area contributed by atoms with Gasteiger partial charge >= 0.3 is 0 Å². The molecule has 1 fully saturated rings. The third-order valence-corrected chi connectivity index (χ3v) is 3.75. The summed E-state index contributed by atoms with van der Waals surface area (Å²) in [5.74, 6) is 2.02. The normalized spacial score (nSPS) is 21.4. The van der Waals surface area contributed by atoms with E-state index in [1.54, 1.807) is 0 Å². The van der Waals surface area contributed by atoms with Gasteiger partial charge in [0.25, 0.3) is 0 Å². The smallest absolute Gasteiger partial charge is 0.123 e. The second-order valence-corrected chi connectivity index (χ2v) is 5.20. The first-order valence-electron chi connectivity index (χ1n) is 6.37. The van der Waals surface area contributed by atoms with Crippen LogP contribution in [0.1, 0.15) is 19.2 Å². The van der Waals surface area contributed by atoms with Gasteiger partial charge in [-0.05, 0) is 31.0 Å².